The Morgan fingerprint density at radius 1 is 1.29 bits per heavy atom. The minimum atomic E-state index is -0.253. The van der Waals surface area contributed by atoms with Gasteiger partial charge in [0.15, 0.2) is 5.13 Å². The molecule has 0 fully saturated rings. The topological polar surface area (TPSA) is 71.5 Å². The van der Waals surface area contributed by atoms with Crippen LogP contribution in [-0.4, -0.2) is 35.4 Å². The van der Waals surface area contributed by atoms with E-state index in [0.29, 0.717) is 11.7 Å². The fraction of sp³-hybridized carbons (Fsp3) is 0.286. The van der Waals surface area contributed by atoms with Crippen LogP contribution >= 0.6 is 11.3 Å². The van der Waals surface area contributed by atoms with E-state index in [-0.39, 0.29) is 24.3 Å². The third-order valence-corrected chi connectivity index (χ3v) is 5.97. The number of benzene rings is 2. The summed E-state index contributed by atoms with van der Waals surface area (Å²) in [7, 11) is 1.62. The van der Waals surface area contributed by atoms with E-state index in [9.17, 15) is 9.59 Å². The van der Waals surface area contributed by atoms with Crippen LogP contribution in [0.2, 0.25) is 0 Å². The second kappa shape index (κ2) is 7.59. The van der Waals surface area contributed by atoms with Gasteiger partial charge in [0.25, 0.3) is 0 Å². The SMILES string of the molecule is COc1ccc2nc(NC(=O)CC3c4ccccc4CCN3C(C)=O)sc2c1. The van der Waals surface area contributed by atoms with Crippen LogP contribution in [0.25, 0.3) is 10.2 Å². The number of methoxy groups -OCH3 is 1. The van der Waals surface area contributed by atoms with Crippen molar-refractivity contribution in [2.75, 3.05) is 19.0 Å². The van der Waals surface area contributed by atoms with Crippen molar-refractivity contribution in [1.29, 1.82) is 0 Å². The maximum absolute atomic E-state index is 12.8. The predicted molar refractivity (Wildman–Crippen MR) is 110 cm³/mol. The lowest BCUT2D eigenvalue weighted by molar-refractivity contribution is -0.132. The van der Waals surface area contributed by atoms with Crippen LogP contribution in [0.4, 0.5) is 5.13 Å². The van der Waals surface area contributed by atoms with Gasteiger partial charge in [-0.2, -0.15) is 0 Å². The number of hydrogen-bond acceptors (Lipinski definition) is 5. The number of fused-ring (bicyclic) bond motifs is 2. The number of nitrogens with one attached hydrogen (secondary N) is 1. The van der Waals surface area contributed by atoms with Crippen molar-refractivity contribution in [2.45, 2.75) is 25.8 Å². The molecule has 2 heterocycles. The average Bonchev–Trinajstić information content (AvgIpc) is 3.08. The summed E-state index contributed by atoms with van der Waals surface area (Å²) in [5.74, 6) is 0.586. The van der Waals surface area contributed by atoms with Crippen molar-refractivity contribution in [3.05, 3.63) is 53.6 Å². The fourth-order valence-electron chi connectivity index (χ4n) is 3.68. The van der Waals surface area contributed by atoms with E-state index < -0.39 is 0 Å². The summed E-state index contributed by atoms with van der Waals surface area (Å²) in [6.45, 7) is 2.19. The maximum Gasteiger partial charge on any atom is 0.228 e. The quantitative estimate of drug-likeness (QED) is 0.730. The van der Waals surface area contributed by atoms with E-state index in [1.807, 2.05) is 36.4 Å². The predicted octanol–water partition coefficient (Wildman–Crippen LogP) is 3.78. The molecule has 0 radical (unpaired) electrons. The van der Waals surface area contributed by atoms with E-state index >= 15 is 0 Å². The fourth-order valence-corrected chi connectivity index (χ4v) is 4.59. The molecule has 0 bridgehead atoms. The first kappa shape index (κ1) is 18.4. The third-order valence-electron chi connectivity index (χ3n) is 5.04. The number of carbonyl (C=O) groups is 2. The maximum atomic E-state index is 12.8. The summed E-state index contributed by atoms with van der Waals surface area (Å²) in [4.78, 5) is 31.1. The van der Waals surface area contributed by atoms with E-state index in [1.54, 1.807) is 18.9 Å². The van der Waals surface area contributed by atoms with Crippen molar-refractivity contribution in [3.8, 4) is 5.75 Å². The normalized spacial score (nSPS) is 15.9. The smallest absolute Gasteiger partial charge is 0.228 e. The van der Waals surface area contributed by atoms with Crippen LogP contribution in [0.5, 0.6) is 5.75 Å². The van der Waals surface area contributed by atoms with Crippen LogP contribution in [0, 0.1) is 0 Å². The zero-order valence-corrected chi connectivity index (χ0v) is 16.6. The summed E-state index contributed by atoms with van der Waals surface area (Å²) in [6.07, 6.45) is 1.02. The Morgan fingerprint density at radius 2 is 2.11 bits per heavy atom. The molecule has 6 nitrogen and oxygen atoms in total. The molecule has 3 aromatic rings. The van der Waals surface area contributed by atoms with Gasteiger partial charge < -0.3 is 15.0 Å². The Balaban J connectivity index is 1.54. The molecular formula is C21H21N3O3S. The van der Waals surface area contributed by atoms with Crippen LogP contribution < -0.4 is 10.1 Å². The van der Waals surface area contributed by atoms with Crippen LogP contribution in [0.3, 0.4) is 0 Å². The number of amides is 2. The molecule has 7 heteroatoms. The van der Waals surface area contributed by atoms with Crippen molar-refractivity contribution in [1.82, 2.24) is 9.88 Å². The molecule has 144 valence electrons. The highest BCUT2D eigenvalue weighted by Crippen LogP contribution is 2.33. The minimum Gasteiger partial charge on any atom is -0.497 e. The van der Waals surface area contributed by atoms with E-state index in [2.05, 4.69) is 16.4 Å². The number of aromatic nitrogens is 1. The second-order valence-electron chi connectivity index (χ2n) is 6.78. The van der Waals surface area contributed by atoms with Gasteiger partial charge in [-0.05, 0) is 35.7 Å². The summed E-state index contributed by atoms with van der Waals surface area (Å²) in [5, 5.41) is 3.44. The number of ether oxygens (including phenoxy) is 1. The molecule has 2 amide bonds. The van der Waals surface area contributed by atoms with Gasteiger partial charge in [0.05, 0.1) is 29.8 Å². The van der Waals surface area contributed by atoms with E-state index in [4.69, 9.17) is 4.74 Å². The lowest BCUT2D eigenvalue weighted by atomic mass is 9.90. The lowest BCUT2D eigenvalue weighted by Crippen LogP contribution is -2.40. The molecule has 4 rings (SSSR count). The molecule has 1 unspecified atom stereocenters. The first-order valence-corrected chi connectivity index (χ1v) is 9.96. The Morgan fingerprint density at radius 3 is 2.89 bits per heavy atom. The molecule has 2 aromatic carbocycles. The molecule has 1 aliphatic heterocycles. The van der Waals surface area contributed by atoms with Gasteiger partial charge in [-0.3, -0.25) is 9.59 Å². The highest BCUT2D eigenvalue weighted by molar-refractivity contribution is 7.22. The number of rotatable bonds is 4. The van der Waals surface area contributed by atoms with E-state index in [0.717, 1.165) is 28.0 Å². The van der Waals surface area contributed by atoms with Crippen LogP contribution in [0.1, 0.15) is 30.5 Å². The molecule has 0 aliphatic carbocycles. The van der Waals surface area contributed by atoms with Crippen molar-refractivity contribution in [2.24, 2.45) is 0 Å². The molecular weight excluding hydrogens is 374 g/mol. The molecule has 0 spiro atoms. The standard InChI is InChI=1S/C21H21N3O3S/c1-13(25)24-10-9-14-5-3-4-6-16(14)18(24)12-20(26)23-21-22-17-8-7-15(27-2)11-19(17)28-21/h3-8,11,18H,9-10,12H2,1-2H3,(H,22,23,26). The molecule has 1 N–H and O–H groups in total. The third kappa shape index (κ3) is 3.57. The molecule has 1 atom stereocenters. The van der Waals surface area contributed by atoms with Gasteiger partial charge in [-0.25, -0.2) is 4.98 Å². The van der Waals surface area contributed by atoms with E-state index in [1.165, 1.54) is 16.9 Å². The van der Waals surface area contributed by atoms with Crippen molar-refractivity contribution < 1.29 is 14.3 Å². The molecule has 0 saturated carbocycles. The molecule has 1 aromatic heterocycles. The van der Waals surface area contributed by atoms with Gasteiger partial charge >= 0.3 is 0 Å². The van der Waals surface area contributed by atoms with Gasteiger partial charge in [0, 0.05) is 13.5 Å². The minimum absolute atomic E-state index is 0.0145. The largest absolute Gasteiger partial charge is 0.497 e. The second-order valence-corrected chi connectivity index (χ2v) is 7.81. The molecule has 0 saturated heterocycles. The van der Waals surface area contributed by atoms with Crippen LogP contribution in [-0.2, 0) is 16.0 Å². The van der Waals surface area contributed by atoms with Gasteiger partial charge in [0.2, 0.25) is 11.8 Å². The first-order chi connectivity index (χ1) is 13.5. The van der Waals surface area contributed by atoms with Crippen LogP contribution in [0.15, 0.2) is 42.5 Å². The number of thiazole rings is 1. The Hall–Kier alpha value is -2.93. The van der Waals surface area contributed by atoms with Gasteiger partial charge in [-0.1, -0.05) is 35.6 Å². The average molecular weight is 395 g/mol. The highest BCUT2D eigenvalue weighted by Gasteiger charge is 2.30. The number of nitrogens with zero attached hydrogens (tertiary/aromatic N) is 2. The lowest BCUT2D eigenvalue weighted by Gasteiger charge is -2.36. The Kier molecular flexibility index (Phi) is 5.00. The first-order valence-electron chi connectivity index (χ1n) is 9.14. The molecule has 1 aliphatic rings. The Bertz CT molecular complexity index is 1050. The number of hydrogen-bond donors (Lipinski definition) is 1. The zero-order valence-electron chi connectivity index (χ0n) is 15.8. The summed E-state index contributed by atoms with van der Waals surface area (Å²) in [6, 6.07) is 13.4. The summed E-state index contributed by atoms with van der Waals surface area (Å²) in [5.41, 5.74) is 3.06. The Labute approximate surface area is 167 Å². The van der Waals surface area contributed by atoms with Crippen molar-refractivity contribution in [3.63, 3.8) is 0 Å². The zero-order chi connectivity index (χ0) is 19.7. The molecule has 28 heavy (non-hydrogen) atoms. The highest BCUT2D eigenvalue weighted by atomic mass is 32.1. The number of carbonyl (C=O) groups excluding carboxylic acids is 2. The monoisotopic (exact) mass is 395 g/mol. The number of anilines is 1. The van der Waals surface area contributed by atoms with Crippen molar-refractivity contribution >= 4 is 38.5 Å². The summed E-state index contributed by atoms with van der Waals surface area (Å²) < 4.78 is 6.18. The van der Waals surface area contributed by atoms with Gasteiger partial charge in [0.1, 0.15) is 5.75 Å². The summed E-state index contributed by atoms with van der Waals surface area (Å²) >= 11 is 1.41. The van der Waals surface area contributed by atoms with Gasteiger partial charge in [-0.15, -0.1) is 0 Å².